The van der Waals surface area contributed by atoms with Gasteiger partial charge in [-0.05, 0) is 13.0 Å². The van der Waals surface area contributed by atoms with Gasteiger partial charge in [0.2, 0.25) is 0 Å². The van der Waals surface area contributed by atoms with Crippen molar-refractivity contribution in [2.24, 2.45) is 7.05 Å². The number of halogens is 1. The van der Waals surface area contributed by atoms with Gasteiger partial charge in [0.25, 0.3) is 11.6 Å². The first-order chi connectivity index (χ1) is 14.4. The Hall–Kier alpha value is -3.30. The minimum absolute atomic E-state index is 0.0213. The molecule has 2 N–H and O–H groups in total. The zero-order valence-electron chi connectivity index (χ0n) is 16.4. The number of nitrogens with one attached hydrogen (secondary N) is 2. The van der Waals surface area contributed by atoms with Gasteiger partial charge in [-0.1, -0.05) is 23.7 Å². The molecule has 9 nitrogen and oxygen atoms in total. The molecule has 3 aromatic rings. The number of benzene rings is 1. The van der Waals surface area contributed by atoms with Gasteiger partial charge in [0, 0.05) is 55.6 Å². The fourth-order valence-corrected chi connectivity index (χ4v) is 3.90. The number of amides is 1. The summed E-state index contributed by atoms with van der Waals surface area (Å²) >= 11 is 6.54. The number of pyridine rings is 1. The molecule has 0 unspecified atom stereocenters. The average molecular weight is 427 g/mol. The van der Waals surface area contributed by atoms with Crippen molar-refractivity contribution < 1.29 is 9.72 Å². The van der Waals surface area contributed by atoms with Crippen LogP contribution < -0.4 is 10.6 Å². The number of carbonyl (C=O) groups excluding carboxylic acids is 1. The fraction of sp³-hybridized carbons (Fsp3) is 0.250. The van der Waals surface area contributed by atoms with Crippen molar-refractivity contribution in [1.29, 1.82) is 0 Å². The third-order valence-electron chi connectivity index (χ3n) is 5.23. The van der Waals surface area contributed by atoms with Crippen LogP contribution in [0.15, 0.2) is 30.5 Å². The highest BCUT2D eigenvalue weighted by Gasteiger charge is 2.23. The number of anilines is 1. The maximum atomic E-state index is 12.9. The molecule has 1 aliphatic heterocycles. The van der Waals surface area contributed by atoms with E-state index in [4.69, 9.17) is 11.6 Å². The van der Waals surface area contributed by atoms with E-state index in [1.807, 2.05) is 7.05 Å². The predicted molar refractivity (Wildman–Crippen MR) is 113 cm³/mol. The summed E-state index contributed by atoms with van der Waals surface area (Å²) in [5.74, 6) is -0.0913. The Labute approximate surface area is 177 Å². The standard InChI is InChI=1S/C20H19ClN6O3/c1-11-12(4-3-5-15(11)27(29)30)18-17(21)13(6-9-23-18)25-20(28)19-24-14-10-22-8-7-16(14)26(19)2/h3-6,9,22H,7-8,10H2,1-2H3,(H,23,25,28). The monoisotopic (exact) mass is 426 g/mol. The van der Waals surface area contributed by atoms with Crippen LogP contribution >= 0.6 is 11.6 Å². The van der Waals surface area contributed by atoms with Gasteiger partial charge < -0.3 is 15.2 Å². The van der Waals surface area contributed by atoms with Gasteiger partial charge in [-0.3, -0.25) is 19.9 Å². The first-order valence-electron chi connectivity index (χ1n) is 9.34. The summed E-state index contributed by atoms with van der Waals surface area (Å²) in [5.41, 5.74) is 3.58. The lowest BCUT2D eigenvalue weighted by Crippen LogP contribution is -2.24. The summed E-state index contributed by atoms with van der Waals surface area (Å²) in [6, 6.07) is 6.30. The van der Waals surface area contributed by atoms with Gasteiger partial charge in [0.15, 0.2) is 5.82 Å². The first kappa shape index (κ1) is 20.0. The smallest absolute Gasteiger partial charge is 0.291 e. The lowest BCUT2D eigenvalue weighted by Gasteiger charge is -2.13. The predicted octanol–water partition coefficient (Wildman–Crippen LogP) is 3.25. The van der Waals surface area contributed by atoms with Crippen LogP contribution in [0.2, 0.25) is 5.02 Å². The van der Waals surface area contributed by atoms with Gasteiger partial charge in [-0.25, -0.2) is 4.98 Å². The van der Waals surface area contributed by atoms with E-state index in [2.05, 4.69) is 20.6 Å². The van der Waals surface area contributed by atoms with Crippen LogP contribution in [0, 0.1) is 17.0 Å². The molecule has 10 heteroatoms. The van der Waals surface area contributed by atoms with Gasteiger partial charge >= 0.3 is 0 Å². The lowest BCUT2D eigenvalue weighted by molar-refractivity contribution is -0.385. The quantitative estimate of drug-likeness (QED) is 0.488. The van der Waals surface area contributed by atoms with Crippen molar-refractivity contribution in [3.05, 3.63) is 68.4 Å². The van der Waals surface area contributed by atoms with Crippen molar-refractivity contribution in [3.8, 4) is 11.3 Å². The molecular weight excluding hydrogens is 408 g/mol. The Morgan fingerprint density at radius 2 is 2.17 bits per heavy atom. The molecule has 3 heterocycles. The van der Waals surface area contributed by atoms with E-state index in [0.717, 1.165) is 24.4 Å². The second-order valence-electron chi connectivity index (χ2n) is 7.00. The van der Waals surface area contributed by atoms with Gasteiger partial charge in [0.05, 0.1) is 27.0 Å². The number of nitro benzene ring substituents is 1. The molecule has 0 atom stereocenters. The molecule has 0 spiro atoms. The van der Waals surface area contributed by atoms with E-state index in [1.165, 1.54) is 12.3 Å². The van der Waals surface area contributed by atoms with Gasteiger partial charge in [-0.15, -0.1) is 0 Å². The van der Waals surface area contributed by atoms with E-state index in [1.54, 1.807) is 29.7 Å². The van der Waals surface area contributed by atoms with E-state index >= 15 is 0 Å². The highest BCUT2D eigenvalue weighted by molar-refractivity contribution is 6.36. The van der Waals surface area contributed by atoms with Crippen LogP contribution in [0.3, 0.4) is 0 Å². The summed E-state index contributed by atoms with van der Waals surface area (Å²) < 4.78 is 1.80. The minimum Gasteiger partial charge on any atom is -0.327 e. The van der Waals surface area contributed by atoms with Crippen LogP contribution in [0.5, 0.6) is 0 Å². The summed E-state index contributed by atoms with van der Waals surface area (Å²) in [6.07, 6.45) is 2.31. The number of aromatic nitrogens is 3. The Balaban J connectivity index is 1.68. The number of fused-ring (bicyclic) bond motifs is 1. The van der Waals surface area contributed by atoms with E-state index in [0.29, 0.717) is 34.9 Å². The molecule has 0 saturated heterocycles. The number of imidazole rings is 1. The normalized spacial score (nSPS) is 13.0. The Morgan fingerprint density at radius 3 is 2.90 bits per heavy atom. The van der Waals surface area contributed by atoms with E-state index < -0.39 is 4.92 Å². The van der Waals surface area contributed by atoms with Gasteiger partial charge in [0.1, 0.15) is 0 Å². The zero-order chi connectivity index (χ0) is 21.4. The highest BCUT2D eigenvalue weighted by atomic mass is 35.5. The molecule has 30 heavy (non-hydrogen) atoms. The lowest BCUT2D eigenvalue weighted by atomic mass is 10.0. The molecule has 0 bridgehead atoms. The van der Waals surface area contributed by atoms with Crippen LogP contribution in [0.1, 0.15) is 27.6 Å². The average Bonchev–Trinajstić information content (AvgIpc) is 3.07. The highest BCUT2D eigenvalue weighted by Crippen LogP contribution is 2.36. The Kier molecular flexibility index (Phi) is 5.23. The number of hydrogen-bond acceptors (Lipinski definition) is 6. The van der Waals surface area contributed by atoms with E-state index in [-0.39, 0.29) is 16.6 Å². The summed E-state index contributed by atoms with van der Waals surface area (Å²) in [5, 5.41) is 17.5. The maximum Gasteiger partial charge on any atom is 0.291 e. The number of nitrogens with zero attached hydrogens (tertiary/aromatic N) is 4. The van der Waals surface area contributed by atoms with Crippen molar-refractivity contribution in [2.75, 3.05) is 11.9 Å². The third-order valence-corrected chi connectivity index (χ3v) is 5.61. The van der Waals surface area contributed by atoms with Crippen LogP contribution in [-0.2, 0) is 20.0 Å². The second-order valence-corrected chi connectivity index (χ2v) is 7.37. The molecule has 0 aliphatic carbocycles. The molecule has 0 fully saturated rings. The zero-order valence-corrected chi connectivity index (χ0v) is 17.2. The largest absolute Gasteiger partial charge is 0.327 e. The minimum atomic E-state index is -0.448. The van der Waals surface area contributed by atoms with Crippen molar-refractivity contribution >= 4 is 28.9 Å². The molecule has 1 amide bonds. The summed E-state index contributed by atoms with van der Waals surface area (Å²) in [4.78, 5) is 32.4. The Morgan fingerprint density at radius 1 is 1.37 bits per heavy atom. The van der Waals surface area contributed by atoms with Crippen molar-refractivity contribution in [3.63, 3.8) is 0 Å². The fourth-order valence-electron chi connectivity index (χ4n) is 3.64. The maximum absolute atomic E-state index is 12.9. The SMILES string of the molecule is Cc1c(-c2nccc(NC(=O)c3nc4c(n3C)CCNC4)c2Cl)cccc1[N+](=O)[O-]. The first-order valence-corrected chi connectivity index (χ1v) is 9.71. The number of carbonyl (C=O) groups is 1. The van der Waals surface area contributed by atoms with Crippen molar-refractivity contribution in [1.82, 2.24) is 19.9 Å². The molecule has 0 radical (unpaired) electrons. The van der Waals surface area contributed by atoms with E-state index in [9.17, 15) is 14.9 Å². The van der Waals surface area contributed by atoms with Crippen molar-refractivity contribution in [2.45, 2.75) is 19.9 Å². The summed E-state index contributed by atoms with van der Waals surface area (Å²) in [6.45, 7) is 3.11. The molecule has 4 rings (SSSR count). The van der Waals surface area contributed by atoms with Gasteiger partial charge in [-0.2, -0.15) is 0 Å². The second kappa shape index (κ2) is 7.85. The molecule has 1 aliphatic rings. The molecule has 1 aromatic carbocycles. The number of hydrogen-bond donors (Lipinski definition) is 2. The molecule has 2 aromatic heterocycles. The molecule has 154 valence electrons. The van der Waals surface area contributed by atoms with Crippen LogP contribution in [0.25, 0.3) is 11.3 Å². The number of rotatable bonds is 4. The molecule has 0 saturated carbocycles. The number of nitro groups is 1. The van der Waals surface area contributed by atoms with Crippen LogP contribution in [-0.4, -0.2) is 31.9 Å². The third kappa shape index (κ3) is 3.42. The topological polar surface area (TPSA) is 115 Å². The van der Waals surface area contributed by atoms with Crippen LogP contribution in [0.4, 0.5) is 11.4 Å². The molecular formula is C20H19ClN6O3. The Bertz CT molecular complexity index is 1170. The summed E-state index contributed by atoms with van der Waals surface area (Å²) in [7, 11) is 1.82.